The molecule has 1 atom stereocenters. The first kappa shape index (κ1) is 28.7. The maximum absolute atomic E-state index is 13.5. The van der Waals surface area contributed by atoms with Crippen LogP contribution in [0.5, 0.6) is 5.88 Å². The summed E-state index contributed by atoms with van der Waals surface area (Å²) in [5.41, 5.74) is 4.19. The molecule has 12 heteroatoms. The molecule has 0 spiro atoms. The van der Waals surface area contributed by atoms with Gasteiger partial charge in [-0.25, -0.2) is 22.8 Å². The topological polar surface area (TPSA) is 97.8 Å². The van der Waals surface area contributed by atoms with E-state index in [1.165, 1.54) is 22.5 Å². The summed E-state index contributed by atoms with van der Waals surface area (Å²) in [4.78, 5) is 15.5. The number of ether oxygens (including phenoxy) is 2. The maximum Gasteiger partial charge on any atom is 0.242 e. The van der Waals surface area contributed by atoms with Gasteiger partial charge in [-0.15, -0.1) is 0 Å². The fourth-order valence-corrected chi connectivity index (χ4v) is 5.80. The van der Waals surface area contributed by atoms with Crippen LogP contribution in [-0.2, 0) is 20.5 Å². The quantitative estimate of drug-likeness (QED) is 0.316. The van der Waals surface area contributed by atoms with E-state index >= 15 is 0 Å². The Bertz CT molecular complexity index is 1540. The molecule has 206 valence electrons. The van der Waals surface area contributed by atoms with Crippen molar-refractivity contribution in [2.24, 2.45) is 0 Å². The van der Waals surface area contributed by atoms with E-state index in [1.807, 2.05) is 49.3 Å². The zero-order valence-corrected chi connectivity index (χ0v) is 23.4. The minimum absolute atomic E-state index is 0. The van der Waals surface area contributed by atoms with E-state index in [9.17, 15) is 12.8 Å². The van der Waals surface area contributed by atoms with Crippen molar-refractivity contribution in [1.29, 1.82) is 0 Å². The van der Waals surface area contributed by atoms with E-state index in [2.05, 4.69) is 9.97 Å². The van der Waals surface area contributed by atoms with E-state index < -0.39 is 21.9 Å². The lowest BCUT2D eigenvalue weighted by Crippen LogP contribution is -2.47. The SMILES string of the molecule is CN(C)c1ccc(-c2cc3nccnc3c(OC[C@@H]3CN(S(=O)(=O)Cc4cccc(F)c4)CCO3)n2)cc1.S. The van der Waals surface area contributed by atoms with Gasteiger partial charge >= 0.3 is 0 Å². The van der Waals surface area contributed by atoms with Crippen LogP contribution in [0.15, 0.2) is 67.0 Å². The van der Waals surface area contributed by atoms with Gasteiger partial charge in [-0.1, -0.05) is 24.3 Å². The Hall–Kier alpha value is -3.32. The lowest BCUT2D eigenvalue weighted by atomic mass is 10.1. The van der Waals surface area contributed by atoms with Crippen LogP contribution in [0.3, 0.4) is 0 Å². The summed E-state index contributed by atoms with van der Waals surface area (Å²) in [5.74, 6) is -0.454. The van der Waals surface area contributed by atoms with Crippen LogP contribution in [0, 0.1) is 5.82 Å². The van der Waals surface area contributed by atoms with E-state index in [4.69, 9.17) is 14.5 Å². The van der Waals surface area contributed by atoms with Gasteiger partial charge < -0.3 is 14.4 Å². The molecule has 0 saturated carbocycles. The summed E-state index contributed by atoms with van der Waals surface area (Å²) in [6, 6.07) is 15.5. The number of anilines is 1. The van der Waals surface area contributed by atoms with E-state index in [0.717, 1.165) is 11.3 Å². The van der Waals surface area contributed by atoms with E-state index in [1.54, 1.807) is 18.5 Å². The zero-order valence-electron chi connectivity index (χ0n) is 21.6. The van der Waals surface area contributed by atoms with Crippen molar-refractivity contribution in [3.05, 3.63) is 78.4 Å². The summed E-state index contributed by atoms with van der Waals surface area (Å²) < 4.78 is 52.8. The molecule has 2 aromatic heterocycles. The molecule has 0 unspecified atom stereocenters. The molecule has 1 saturated heterocycles. The number of rotatable bonds is 8. The normalized spacial score (nSPS) is 16.0. The summed E-state index contributed by atoms with van der Waals surface area (Å²) in [7, 11) is 0.290. The summed E-state index contributed by atoms with van der Waals surface area (Å²) in [6.07, 6.45) is 2.67. The summed E-state index contributed by atoms with van der Waals surface area (Å²) >= 11 is 0. The highest BCUT2D eigenvalue weighted by atomic mass is 32.2. The van der Waals surface area contributed by atoms with Crippen molar-refractivity contribution < 1.29 is 22.3 Å². The zero-order chi connectivity index (χ0) is 26.7. The highest BCUT2D eigenvalue weighted by Crippen LogP contribution is 2.28. The molecule has 5 rings (SSSR count). The van der Waals surface area contributed by atoms with Gasteiger partial charge in [-0.2, -0.15) is 17.8 Å². The van der Waals surface area contributed by atoms with Crippen molar-refractivity contribution in [2.75, 3.05) is 45.3 Å². The minimum Gasteiger partial charge on any atom is -0.473 e. The van der Waals surface area contributed by atoms with E-state index in [-0.39, 0.29) is 45.6 Å². The van der Waals surface area contributed by atoms with Crippen molar-refractivity contribution in [1.82, 2.24) is 19.3 Å². The van der Waals surface area contributed by atoms with Crippen molar-refractivity contribution in [2.45, 2.75) is 11.9 Å². The number of fused-ring (bicyclic) bond motifs is 1. The maximum atomic E-state index is 13.5. The van der Waals surface area contributed by atoms with Gasteiger partial charge in [0.05, 0.1) is 23.6 Å². The number of aromatic nitrogens is 3. The second-order valence-corrected chi connectivity index (χ2v) is 11.2. The molecule has 0 radical (unpaired) electrons. The van der Waals surface area contributed by atoms with Crippen LogP contribution in [-0.4, -0.2) is 74.2 Å². The average Bonchev–Trinajstić information content (AvgIpc) is 2.91. The smallest absolute Gasteiger partial charge is 0.242 e. The third-order valence-electron chi connectivity index (χ3n) is 6.24. The molecule has 1 aliphatic heterocycles. The molecular formula is C27H30FN5O4S2. The van der Waals surface area contributed by atoms with Gasteiger partial charge in [-0.05, 0) is 35.9 Å². The number of morpholine rings is 1. The minimum atomic E-state index is -3.67. The van der Waals surface area contributed by atoms with Gasteiger partial charge in [-0.3, -0.25) is 4.98 Å². The Kier molecular flexibility index (Phi) is 9.01. The van der Waals surface area contributed by atoms with Crippen LogP contribution in [0.1, 0.15) is 5.56 Å². The fraction of sp³-hybridized carbons (Fsp3) is 0.296. The van der Waals surface area contributed by atoms with Crippen LogP contribution in [0.4, 0.5) is 10.1 Å². The second-order valence-electron chi connectivity index (χ2n) is 9.23. The largest absolute Gasteiger partial charge is 0.473 e. The Morgan fingerprint density at radius 2 is 1.87 bits per heavy atom. The Morgan fingerprint density at radius 1 is 1.10 bits per heavy atom. The number of halogens is 1. The summed E-state index contributed by atoms with van der Waals surface area (Å²) in [5, 5.41) is 0. The fourth-order valence-electron chi connectivity index (χ4n) is 4.27. The number of hydrogen-bond acceptors (Lipinski definition) is 8. The second kappa shape index (κ2) is 12.2. The van der Waals surface area contributed by atoms with Gasteiger partial charge in [0.2, 0.25) is 15.9 Å². The van der Waals surface area contributed by atoms with Crippen LogP contribution < -0.4 is 9.64 Å². The lowest BCUT2D eigenvalue weighted by Gasteiger charge is -2.32. The molecule has 4 aromatic rings. The molecule has 0 bridgehead atoms. The molecule has 3 heterocycles. The van der Waals surface area contributed by atoms with E-state index in [0.29, 0.717) is 28.2 Å². The van der Waals surface area contributed by atoms with Crippen molar-refractivity contribution in [3.63, 3.8) is 0 Å². The van der Waals surface area contributed by atoms with Crippen LogP contribution >= 0.6 is 13.5 Å². The first-order valence-electron chi connectivity index (χ1n) is 12.1. The van der Waals surface area contributed by atoms with Crippen molar-refractivity contribution >= 4 is 40.2 Å². The first-order chi connectivity index (χ1) is 18.3. The highest BCUT2D eigenvalue weighted by molar-refractivity contribution is 7.88. The first-order valence-corrected chi connectivity index (χ1v) is 13.8. The van der Waals surface area contributed by atoms with Gasteiger partial charge in [0.25, 0.3) is 0 Å². The highest BCUT2D eigenvalue weighted by Gasteiger charge is 2.30. The number of hydrogen-bond donors (Lipinski definition) is 0. The summed E-state index contributed by atoms with van der Waals surface area (Å²) in [6.45, 7) is 0.641. The lowest BCUT2D eigenvalue weighted by molar-refractivity contribution is -0.0254. The van der Waals surface area contributed by atoms with Crippen molar-refractivity contribution in [3.8, 4) is 17.1 Å². The molecule has 0 amide bonds. The number of benzene rings is 2. The molecule has 2 aromatic carbocycles. The number of sulfonamides is 1. The predicted molar refractivity (Wildman–Crippen MR) is 153 cm³/mol. The standard InChI is InChI=1S/C27H28FN5O4S.H2S/c1-32(2)22-8-6-20(7-9-22)24-15-25-26(30-11-10-29-25)27(31-24)37-17-23-16-33(12-13-36-23)38(34,35)18-19-4-3-5-21(28)14-19;/h3-11,14-15,23H,12-13,16-18H2,1-2H3;1H2/t23-;/m0./s1. The molecule has 0 N–H and O–H groups in total. The molecule has 1 aliphatic rings. The molecule has 0 aliphatic carbocycles. The van der Waals surface area contributed by atoms with Gasteiger partial charge in [0, 0.05) is 50.8 Å². The Balaban J connectivity index is 0.00000353. The third-order valence-corrected chi connectivity index (χ3v) is 8.06. The van der Waals surface area contributed by atoms with Crippen LogP contribution in [0.2, 0.25) is 0 Å². The molecule has 39 heavy (non-hydrogen) atoms. The van der Waals surface area contributed by atoms with Gasteiger partial charge in [0.15, 0.2) is 5.52 Å². The molecular weight excluding hydrogens is 541 g/mol. The molecule has 1 fully saturated rings. The molecule has 9 nitrogen and oxygen atoms in total. The third kappa shape index (κ3) is 6.82. The Labute approximate surface area is 234 Å². The Morgan fingerprint density at radius 3 is 2.62 bits per heavy atom. The monoisotopic (exact) mass is 571 g/mol. The number of pyridine rings is 1. The number of nitrogens with zero attached hydrogens (tertiary/aromatic N) is 5. The van der Waals surface area contributed by atoms with Gasteiger partial charge in [0.1, 0.15) is 18.5 Å². The average molecular weight is 572 g/mol. The van der Waals surface area contributed by atoms with Crippen LogP contribution in [0.25, 0.3) is 22.3 Å². The predicted octanol–water partition coefficient (Wildman–Crippen LogP) is 3.62.